The predicted molar refractivity (Wildman–Crippen MR) is 109 cm³/mol. The molecule has 1 saturated heterocycles. The highest BCUT2D eigenvalue weighted by Gasteiger charge is 2.26. The maximum absolute atomic E-state index is 12.1. The summed E-state index contributed by atoms with van der Waals surface area (Å²) in [5.74, 6) is 1.30. The molecule has 2 heterocycles. The first-order valence-electron chi connectivity index (χ1n) is 9.85. The van der Waals surface area contributed by atoms with Crippen molar-refractivity contribution in [2.75, 3.05) is 23.3 Å². The standard InChI is InChI=1S/C21H33N3O4/c1-20(2,3)27-18(25)13-15-9-8-12-24(14-15)17-11-7-10-16(22-17)23-19(26)28-21(4,5)6/h7,10-11,15H,8-9,12-14H2,1-6H3,(H,22,23,26)/t15-/m1/s1. The Morgan fingerprint density at radius 1 is 1.14 bits per heavy atom. The van der Waals surface area contributed by atoms with E-state index in [9.17, 15) is 9.59 Å². The molecule has 1 N–H and O–H groups in total. The van der Waals surface area contributed by atoms with Gasteiger partial charge in [0.05, 0.1) is 6.42 Å². The number of pyridine rings is 1. The molecule has 7 heteroatoms. The summed E-state index contributed by atoms with van der Waals surface area (Å²) in [4.78, 5) is 30.8. The van der Waals surface area contributed by atoms with Gasteiger partial charge < -0.3 is 14.4 Å². The second kappa shape index (κ2) is 8.80. The molecule has 0 bridgehead atoms. The molecule has 0 saturated carbocycles. The van der Waals surface area contributed by atoms with Gasteiger partial charge >= 0.3 is 12.1 Å². The van der Waals surface area contributed by atoms with Crippen LogP contribution < -0.4 is 10.2 Å². The number of ether oxygens (including phenoxy) is 2. The fourth-order valence-corrected chi connectivity index (χ4v) is 3.14. The Morgan fingerprint density at radius 2 is 1.82 bits per heavy atom. The van der Waals surface area contributed by atoms with Crippen molar-refractivity contribution < 1.29 is 19.1 Å². The summed E-state index contributed by atoms with van der Waals surface area (Å²) in [5.41, 5.74) is -1.03. The number of esters is 1. The van der Waals surface area contributed by atoms with Crippen molar-refractivity contribution in [1.29, 1.82) is 0 Å². The zero-order chi connectivity index (χ0) is 20.9. The number of hydrogen-bond acceptors (Lipinski definition) is 6. The molecule has 0 spiro atoms. The molecule has 1 amide bonds. The third-order valence-corrected chi connectivity index (χ3v) is 4.08. The molecule has 156 valence electrons. The first kappa shape index (κ1) is 22.0. The predicted octanol–water partition coefficient (Wildman–Crippen LogP) is 4.38. The molecule has 1 aromatic heterocycles. The van der Waals surface area contributed by atoms with Gasteiger partial charge in [-0.25, -0.2) is 9.78 Å². The Labute approximate surface area is 167 Å². The average Bonchev–Trinajstić information content (AvgIpc) is 2.51. The number of hydrogen-bond donors (Lipinski definition) is 1. The van der Waals surface area contributed by atoms with Gasteiger partial charge in [0.25, 0.3) is 0 Å². The van der Waals surface area contributed by atoms with Crippen LogP contribution in [-0.4, -0.2) is 41.3 Å². The van der Waals surface area contributed by atoms with Crippen LogP contribution in [0.25, 0.3) is 0 Å². The van der Waals surface area contributed by atoms with Gasteiger partial charge in [-0.15, -0.1) is 0 Å². The van der Waals surface area contributed by atoms with E-state index in [2.05, 4.69) is 15.2 Å². The van der Waals surface area contributed by atoms with Crippen LogP contribution in [0.3, 0.4) is 0 Å². The van der Waals surface area contributed by atoms with E-state index in [4.69, 9.17) is 9.47 Å². The van der Waals surface area contributed by atoms with Gasteiger partial charge in [-0.3, -0.25) is 10.1 Å². The van der Waals surface area contributed by atoms with Gasteiger partial charge in [-0.1, -0.05) is 6.07 Å². The van der Waals surface area contributed by atoms with Crippen LogP contribution in [0.1, 0.15) is 60.8 Å². The molecule has 28 heavy (non-hydrogen) atoms. The van der Waals surface area contributed by atoms with Crippen LogP contribution in [0.4, 0.5) is 16.4 Å². The first-order chi connectivity index (χ1) is 12.9. The number of rotatable bonds is 4. The lowest BCUT2D eigenvalue weighted by Crippen LogP contribution is -2.37. The Hall–Kier alpha value is -2.31. The average molecular weight is 392 g/mol. The van der Waals surface area contributed by atoms with Crippen LogP contribution in [0.2, 0.25) is 0 Å². The summed E-state index contributed by atoms with van der Waals surface area (Å²) >= 11 is 0. The number of anilines is 2. The molecule has 1 atom stereocenters. The molecule has 1 fully saturated rings. The third kappa shape index (κ3) is 7.74. The molecular formula is C21H33N3O4. The van der Waals surface area contributed by atoms with E-state index in [0.717, 1.165) is 31.7 Å². The molecule has 1 aliphatic heterocycles. The van der Waals surface area contributed by atoms with Gasteiger partial charge in [0.1, 0.15) is 22.8 Å². The van der Waals surface area contributed by atoms with Gasteiger partial charge in [0.15, 0.2) is 0 Å². The van der Waals surface area contributed by atoms with Crippen molar-refractivity contribution in [1.82, 2.24) is 4.98 Å². The van der Waals surface area contributed by atoms with Crippen molar-refractivity contribution >= 4 is 23.7 Å². The first-order valence-corrected chi connectivity index (χ1v) is 9.85. The third-order valence-electron chi connectivity index (χ3n) is 4.08. The fraction of sp³-hybridized carbons (Fsp3) is 0.667. The smallest absolute Gasteiger partial charge is 0.413 e. The summed E-state index contributed by atoms with van der Waals surface area (Å²) in [6.45, 7) is 12.7. The lowest BCUT2D eigenvalue weighted by Gasteiger charge is -2.33. The van der Waals surface area contributed by atoms with Crippen molar-refractivity contribution in [2.45, 2.75) is 72.0 Å². The Balaban J connectivity index is 1.97. The number of piperidine rings is 1. The number of aromatic nitrogens is 1. The number of nitrogens with zero attached hydrogens (tertiary/aromatic N) is 2. The minimum Gasteiger partial charge on any atom is -0.460 e. The highest BCUT2D eigenvalue weighted by Crippen LogP contribution is 2.26. The zero-order valence-corrected chi connectivity index (χ0v) is 17.9. The molecule has 2 rings (SSSR count). The van der Waals surface area contributed by atoms with E-state index in [1.54, 1.807) is 6.07 Å². The molecule has 7 nitrogen and oxygen atoms in total. The second-order valence-electron chi connectivity index (χ2n) is 9.25. The molecule has 1 aliphatic rings. The molecule has 0 unspecified atom stereocenters. The zero-order valence-electron chi connectivity index (χ0n) is 17.9. The Bertz CT molecular complexity index is 692. The normalized spacial score (nSPS) is 17.8. The van der Waals surface area contributed by atoms with E-state index in [-0.39, 0.29) is 11.9 Å². The summed E-state index contributed by atoms with van der Waals surface area (Å²) < 4.78 is 10.7. The van der Waals surface area contributed by atoms with E-state index in [0.29, 0.717) is 12.2 Å². The summed E-state index contributed by atoms with van der Waals surface area (Å²) in [6.07, 6.45) is 1.85. The maximum Gasteiger partial charge on any atom is 0.413 e. The highest BCUT2D eigenvalue weighted by molar-refractivity contribution is 5.83. The van der Waals surface area contributed by atoms with Crippen LogP contribution in [0.5, 0.6) is 0 Å². The van der Waals surface area contributed by atoms with E-state index in [1.807, 2.05) is 53.7 Å². The fourth-order valence-electron chi connectivity index (χ4n) is 3.14. The van der Waals surface area contributed by atoms with Crippen LogP contribution in [-0.2, 0) is 14.3 Å². The minimum absolute atomic E-state index is 0.160. The molecule has 1 aromatic rings. The topological polar surface area (TPSA) is 80.8 Å². The molecule has 0 radical (unpaired) electrons. The summed E-state index contributed by atoms with van der Waals surface area (Å²) in [5, 5.41) is 2.67. The van der Waals surface area contributed by atoms with Crippen molar-refractivity contribution in [2.24, 2.45) is 5.92 Å². The number of amides is 1. The lowest BCUT2D eigenvalue weighted by molar-refractivity contribution is -0.156. The highest BCUT2D eigenvalue weighted by atomic mass is 16.6. The Morgan fingerprint density at radius 3 is 2.46 bits per heavy atom. The summed E-state index contributed by atoms with van der Waals surface area (Å²) in [7, 11) is 0. The van der Waals surface area contributed by atoms with E-state index >= 15 is 0 Å². The quantitative estimate of drug-likeness (QED) is 0.767. The van der Waals surface area contributed by atoms with Gasteiger partial charge in [-0.2, -0.15) is 0 Å². The molecule has 0 aliphatic carbocycles. The van der Waals surface area contributed by atoms with Crippen molar-refractivity contribution in [3.63, 3.8) is 0 Å². The van der Waals surface area contributed by atoms with Gasteiger partial charge in [-0.05, 0) is 72.4 Å². The van der Waals surface area contributed by atoms with Crippen LogP contribution in [0.15, 0.2) is 18.2 Å². The lowest BCUT2D eigenvalue weighted by atomic mass is 9.94. The number of carbonyl (C=O) groups excluding carboxylic acids is 2. The SMILES string of the molecule is CC(C)(C)OC(=O)C[C@H]1CCCN(c2cccc(NC(=O)OC(C)(C)C)n2)C1. The van der Waals surface area contributed by atoms with Gasteiger partial charge in [0, 0.05) is 13.1 Å². The van der Waals surface area contributed by atoms with Crippen molar-refractivity contribution in [3.05, 3.63) is 18.2 Å². The van der Waals surface area contributed by atoms with E-state index < -0.39 is 17.3 Å². The maximum atomic E-state index is 12.1. The largest absolute Gasteiger partial charge is 0.460 e. The Kier molecular flexibility index (Phi) is 6.91. The second-order valence-corrected chi connectivity index (χ2v) is 9.25. The summed E-state index contributed by atoms with van der Waals surface area (Å²) in [6, 6.07) is 5.50. The van der Waals surface area contributed by atoms with Crippen LogP contribution in [0, 0.1) is 5.92 Å². The van der Waals surface area contributed by atoms with E-state index in [1.165, 1.54) is 0 Å². The minimum atomic E-state index is -0.566. The molecular weight excluding hydrogens is 358 g/mol. The van der Waals surface area contributed by atoms with Crippen molar-refractivity contribution in [3.8, 4) is 0 Å². The van der Waals surface area contributed by atoms with Crippen LogP contribution >= 0.6 is 0 Å². The number of carbonyl (C=O) groups is 2. The number of nitrogens with one attached hydrogen (secondary N) is 1. The monoisotopic (exact) mass is 391 g/mol. The molecule has 0 aromatic carbocycles. The van der Waals surface area contributed by atoms with Gasteiger partial charge in [0.2, 0.25) is 0 Å².